The molecule has 8 heteroatoms. The molecule has 0 aromatic rings. The predicted octanol–water partition coefficient (Wildman–Crippen LogP) is -0.244. The van der Waals surface area contributed by atoms with Crippen molar-refractivity contribution in [2.45, 2.75) is 6.04 Å². The zero-order chi connectivity index (χ0) is 10.5. The third-order valence-electron chi connectivity index (χ3n) is 1.14. The SMILES string of the molecule is N[C@@H](CSCCS(N)(O)O)C(=O)O. The Labute approximate surface area is 82.2 Å². The highest BCUT2D eigenvalue weighted by atomic mass is 32.3. The summed E-state index contributed by atoms with van der Waals surface area (Å²) in [5.74, 6) is -0.374. The molecule has 0 amide bonds. The van der Waals surface area contributed by atoms with E-state index in [9.17, 15) is 4.79 Å². The van der Waals surface area contributed by atoms with Crippen molar-refractivity contribution in [2.24, 2.45) is 10.9 Å². The summed E-state index contributed by atoms with van der Waals surface area (Å²) in [5.41, 5.74) is 5.20. The zero-order valence-electron chi connectivity index (χ0n) is 6.92. The van der Waals surface area contributed by atoms with Gasteiger partial charge in [0.25, 0.3) is 0 Å². The van der Waals surface area contributed by atoms with Crippen molar-refractivity contribution < 1.29 is 19.0 Å². The molecule has 13 heavy (non-hydrogen) atoms. The molecule has 0 fully saturated rings. The number of rotatable bonds is 6. The van der Waals surface area contributed by atoms with Crippen LogP contribution in [0.5, 0.6) is 0 Å². The average Bonchev–Trinajstić information content (AvgIpc) is 1.95. The van der Waals surface area contributed by atoms with E-state index in [1.165, 1.54) is 11.8 Å². The molecule has 0 saturated carbocycles. The second-order valence-corrected chi connectivity index (χ2v) is 5.43. The molecule has 0 aliphatic heterocycles. The van der Waals surface area contributed by atoms with Crippen LogP contribution in [-0.4, -0.2) is 43.5 Å². The molecule has 0 unspecified atom stereocenters. The fourth-order valence-electron chi connectivity index (χ4n) is 0.463. The minimum atomic E-state index is -2.95. The van der Waals surface area contributed by atoms with E-state index in [0.29, 0.717) is 5.75 Å². The van der Waals surface area contributed by atoms with Crippen LogP contribution in [0.3, 0.4) is 0 Å². The monoisotopic (exact) mass is 230 g/mol. The van der Waals surface area contributed by atoms with E-state index >= 15 is 0 Å². The van der Waals surface area contributed by atoms with Crippen LogP contribution in [0.1, 0.15) is 0 Å². The van der Waals surface area contributed by atoms with Gasteiger partial charge < -0.3 is 10.8 Å². The molecule has 0 heterocycles. The summed E-state index contributed by atoms with van der Waals surface area (Å²) in [4.78, 5) is 10.2. The van der Waals surface area contributed by atoms with E-state index in [2.05, 4.69) is 0 Å². The van der Waals surface area contributed by atoms with Gasteiger partial charge in [0.2, 0.25) is 0 Å². The number of carbonyl (C=O) groups is 1. The van der Waals surface area contributed by atoms with Crippen molar-refractivity contribution in [2.75, 3.05) is 17.3 Å². The maximum absolute atomic E-state index is 10.2. The van der Waals surface area contributed by atoms with Gasteiger partial charge in [-0.2, -0.15) is 11.8 Å². The summed E-state index contributed by atoms with van der Waals surface area (Å²) >= 11 is 1.23. The van der Waals surface area contributed by atoms with Gasteiger partial charge in [0.15, 0.2) is 0 Å². The number of carboxylic acids is 1. The fourth-order valence-corrected chi connectivity index (χ4v) is 2.48. The summed E-state index contributed by atoms with van der Waals surface area (Å²) in [6, 6.07) is -0.912. The van der Waals surface area contributed by atoms with E-state index in [0.717, 1.165) is 0 Å². The van der Waals surface area contributed by atoms with E-state index in [1.807, 2.05) is 0 Å². The molecule has 0 aromatic carbocycles. The van der Waals surface area contributed by atoms with E-state index in [4.69, 9.17) is 25.1 Å². The van der Waals surface area contributed by atoms with Crippen LogP contribution in [0.2, 0.25) is 0 Å². The highest BCUT2D eigenvalue weighted by Crippen LogP contribution is 2.28. The Kier molecular flexibility index (Phi) is 5.68. The van der Waals surface area contributed by atoms with Gasteiger partial charge in [-0.15, -0.1) is 10.8 Å². The number of thioether (sulfide) groups is 1. The lowest BCUT2D eigenvalue weighted by Gasteiger charge is -2.25. The Hall–Kier alpha value is 0.01000. The molecular weight excluding hydrogens is 216 g/mol. The minimum absolute atomic E-state index is 0.0595. The summed E-state index contributed by atoms with van der Waals surface area (Å²) in [6.07, 6.45) is 0. The third-order valence-corrected chi connectivity index (χ3v) is 3.29. The zero-order valence-corrected chi connectivity index (χ0v) is 8.55. The predicted molar refractivity (Wildman–Crippen MR) is 54.8 cm³/mol. The maximum atomic E-state index is 10.2. The maximum Gasteiger partial charge on any atom is 0.321 e. The summed E-state index contributed by atoms with van der Waals surface area (Å²) in [6.45, 7) is 0. The molecule has 1 atom stereocenters. The summed E-state index contributed by atoms with van der Waals surface area (Å²) in [5, 5.41) is 13.3. The molecule has 0 saturated heterocycles. The highest BCUT2D eigenvalue weighted by molar-refractivity contribution is 8.22. The molecule has 0 aliphatic carbocycles. The van der Waals surface area contributed by atoms with Crippen molar-refractivity contribution in [1.29, 1.82) is 0 Å². The Balaban J connectivity index is 3.41. The number of nitrogens with two attached hydrogens (primary N) is 2. The van der Waals surface area contributed by atoms with Crippen LogP contribution in [0.15, 0.2) is 0 Å². The van der Waals surface area contributed by atoms with Gasteiger partial charge in [0.05, 0.1) is 5.75 Å². The van der Waals surface area contributed by atoms with Crippen molar-refractivity contribution >= 4 is 28.5 Å². The average molecular weight is 230 g/mol. The molecule has 0 spiro atoms. The standard InChI is InChI=1S/C5H14N2O4S2/c6-4(5(8)9)3-12-1-2-13(7,10)11/h4,10-11H,1-3,6-7H2,(H,8,9)/t4-/m0/s1. The molecule has 0 aromatic heterocycles. The van der Waals surface area contributed by atoms with Gasteiger partial charge in [-0.05, 0) is 0 Å². The van der Waals surface area contributed by atoms with Gasteiger partial charge in [-0.3, -0.25) is 13.9 Å². The van der Waals surface area contributed by atoms with Gasteiger partial charge >= 0.3 is 5.97 Å². The first kappa shape index (κ1) is 13.0. The molecule has 0 rings (SSSR count). The van der Waals surface area contributed by atoms with Crippen LogP contribution in [0.25, 0.3) is 0 Å². The van der Waals surface area contributed by atoms with Crippen LogP contribution in [-0.2, 0) is 4.79 Å². The second-order valence-electron chi connectivity index (χ2n) is 2.44. The van der Waals surface area contributed by atoms with Gasteiger partial charge in [-0.25, -0.2) is 5.14 Å². The number of hydrogen-bond acceptors (Lipinski definition) is 6. The lowest BCUT2D eigenvalue weighted by Crippen LogP contribution is -2.32. The van der Waals surface area contributed by atoms with Crippen molar-refractivity contribution in [3.8, 4) is 0 Å². The largest absolute Gasteiger partial charge is 0.480 e. The Morgan fingerprint density at radius 1 is 1.54 bits per heavy atom. The molecule has 0 bridgehead atoms. The Morgan fingerprint density at radius 3 is 2.46 bits per heavy atom. The van der Waals surface area contributed by atoms with Crippen LogP contribution in [0, 0.1) is 0 Å². The number of hydrogen-bond donors (Lipinski definition) is 5. The lowest BCUT2D eigenvalue weighted by atomic mass is 10.4. The smallest absolute Gasteiger partial charge is 0.321 e. The molecule has 80 valence electrons. The van der Waals surface area contributed by atoms with Crippen LogP contribution in [0.4, 0.5) is 0 Å². The van der Waals surface area contributed by atoms with Crippen molar-refractivity contribution in [1.82, 2.24) is 0 Å². The molecule has 7 N–H and O–H groups in total. The summed E-state index contributed by atoms with van der Waals surface area (Å²) < 4.78 is 17.5. The lowest BCUT2D eigenvalue weighted by molar-refractivity contribution is -0.137. The normalized spacial score (nSPS) is 15.4. The number of aliphatic carboxylic acids is 1. The first-order valence-electron chi connectivity index (χ1n) is 3.42. The van der Waals surface area contributed by atoms with Gasteiger partial charge in [-0.1, -0.05) is 0 Å². The van der Waals surface area contributed by atoms with Crippen molar-refractivity contribution in [3.63, 3.8) is 0 Å². The second kappa shape index (κ2) is 5.68. The van der Waals surface area contributed by atoms with Gasteiger partial charge in [0, 0.05) is 11.5 Å². The molecular formula is C5H14N2O4S2. The van der Waals surface area contributed by atoms with E-state index in [-0.39, 0.29) is 11.5 Å². The Bertz CT molecular complexity index is 172. The van der Waals surface area contributed by atoms with Gasteiger partial charge in [0.1, 0.15) is 6.04 Å². The first-order valence-corrected chi connectivity index (χ1v) is 6.36. The summed E-state index contributed by atoms with van der Waals surface area (Å²) in [7, 11) is -2.95. The highest BCUT2D eigenvalue weighted by Gasteiger charge is 2.11. The molecule has 0 radical (unpaired) electrons. The topological polar surface area (TPSA) is 130 Å². The quantitative estimate of drug-likeness (QED) is 0.398. The van der Waals surface area contributed by atoms with E-state index < -0.39 is 22.8 Å². The fraction of sp³-hybridized carbons (Fsp3) is 0.800. The first-order chi connectivity index (χ1) is 5.83. The van der Waals surface area contributed by atoms with E-state index in [1.54, 1.807) is 0 Å². The van der Waals surface area contributed by atoms with Crippen LogP contribution >= 0.6 is 22.5 Å². The third kappa shape index (κ3) is 8.34. The molecule has 0 aliphatic rings. The Morgan fingerprint density at radius 2 is 2.08 bits per heavy atom. The minimum Gasteiger partial charge on any atom is -0.480 e. The van der Waals surface area contributed by atoms with Crippen molar-refractivity contribution in [3.05, 3.63) is 0 Å². The molecule has 6 nitrogen and oxygen atoms in total. The number of carboxylic acid groups (broad SMARTS) is 1. The van der Waals surface area contributed by atoms with Crippen LogP contribution < -0.4 is 10.9 Å².